The summed E-state index contributed by atoms with van der Waals surface area (Å²) >= 11 is 0. The Morgan fingerprint density at radius 3 is 1.39 bits per heavy atom. The zero-order valence-corrected chi connectivity index (χ0v) is 39.3. The number of nitrogens with one attached hydrogen (secondary N) is 1. The van der Waals surface area contributed by atoms with Crippen molar-refractivity contribution < 1.29 is 53.6 Å². The van der Waals surface area contributed by atoms with E-state index < -0.39 is 60.8 Å². The summed E-state index contributed by atoms with van der Waals surface area (Å²) in [5.41, 5.74) is 4.40. The first-order valence-electron chi connectivity index (χ1n) is 21.6. The molecule has 2 atom stereocenters. The van der Waals surface area contributed by atoms with Gasteiger partial charge in [0.05, 0.1) is 32.7 Å². The molecule has 2 unspecified atom stereocenters. The van der Waals surface area contributed by atoms with Crippen LogP contribution in [0.5, 0.6) is 0 Å². The number of carbonyl (C=O) groups excluding carboxylic acids is 6. The molecule has 0 aromatic rings. The van der Waals surface area contributed by atoms with Crippen LogP contribution in [0, 0.1) is 10.8 Å². The Labute approximate surface area is 379 Å². The molecule has 0 fully saturated rings. The lowest BCUT2D eigenvalue weighted by molar-refractivity contribution is -0.156. The van der Waals surface area contributed by atoms with Gasteiger partial charge in [0.15, 0.2) is 23.8 Å². The molecule has 2 aliphatic carbocycles. The average molecular weight is 884 g/mol. The van der Waals surface area contributed by atoms with Crippen molar-refractivity contribution >= 4 is 35.7 Å². The lowest BCUT2D eigenvalue weighted by Crippen LogP contribution is -2.57. The van der Waals surface area contributed by atoms with E-state index in [1.54, 1.807) is 13.8 Å². The zero-order valence-electron chi connectivity index (χ0n) is 39.3. The quantitative estimate of drug-likeness (QED) is 0.0475. The third kappa shape index (κ3) is 17.2. The lowest BCUT2D eigenvalue weighted by atomic mass is 9.71. The SMILES string of the molecule is CC1=C(/C=C/C(C)=C/C=C/C(C)=C/C=C/C=C(C)/C=C/C=C(C)/C=C/C2=C(C)C(=O)C(OC(=O)CCC(=O)NC(CO)(CO)CO)CC2(C)C)C(C)(C)CC(OC(=O)CCC=O)C1=O. The van der Waals surface area contributed by atoms with Crippen LogP contribution < -0.4 is 5.32 Å². The molecule has 0 spiro atoms. The van der Waals surface area contributed by atoms with E-state index >= 15 is 0 Å². The molecule has 2 rings (SSSR count). The molecule has 4 N–H and O–H groups in total. The van der Waals surface area contributed by atoms with Crippen LogP contribution in [-0.4, -0.2) is 88.6 Å². The first-order valence-corrected chi connectivity index (χ1v) is 21.6. The van der Waals surface area contributed by atoms with Gasteiger partial charge in [0.25, 0.3) is 0 Å². The number of allylic oxidation sites excluding steroid dienone is 20. The standard InChI is InChI=1S/C52H69NO11/c1-35(18-13-20-37(3)23-25-41-39(5)48(61)43(30-50(41,7)8)63-46(59)22-15-29-54)16-11-12-17-36(2)19-14-21-38(4)24-26-42-40(6)49(62)44(31-51(42,9)10)64-47(60)28-27-45(58)53-52(32-55,33-56)34-57/h11-14,16-21,23-26,29,43-44,55-57H,15,22,27-28,30-34H2,1-10H3,(H,53,58)/b12-11+,18-13+,19-14+,25-23+,26-24+,35-16+,36-17+,37-20+,38-21+. The van der Waals surface area contributed by atoms with Crippen molar-refractivity contribution in [3.63, 3.8) is 0 Å². The Hall–Kier alpha value is -5.56. The molecule has 0 aliphatic heterocycles. The van der Waals surface area contributed by atoms with E-state index in [0.717, 1.165) is 33.4 Å². The first-order chi connectivity index (χ1) is 30.0. The molecular formula is C52H69NO11. The van der Waals surface area contributed by atoms with Crippen LogP contribution in [0.3, 0.4) is 0 Å². The predicted octanol–water partition coefficient (Wildman–Crippen LogP) is 7.60. The smallest absolute Gasteiger partial charge is 0.307 e. The molecule has 64 heavy (non-hydrogen) atoms. The van der Waals surface area contributed by atoms with E-state index in [0.29, 0.717) is 23.9 Å². The molecule has 0 bridgehead atoms. The zero-order chi connectivity index (χ0) is 48.3. The van der Waals surface area contributed by atoms with E-state index in [1.165, 1.54) is 0 Å². The molecular weight excluding hydrogens is 815 g/mol. The van der Waals surface area contributed by atoms with E-state index in [2.05, 4.69) is 5.32 Å². The normalized spacial score (nSPS) is 20.5. The monoisotopic (exact) mass is 883 g/mol. The minimum atomic E-state index is -1.60. The second-order valence-electron chi connectivity index (χ2n) is 17.9. The summed E-state index contributed by atoms with van der Waals surface area (Å²) in [6.07, 6.45) is 26.5. The predicted molar refractivity (Wildman–Crippen MR) is 249 cm³/mol. The van der Waals surface area contributed by atoms with Gasteiger partial charge in [-0.1, -0.05) is 135 Å². The largest absolute Gasteiger partial charge is 0.454 e. The molecule has 12 heteroatoms. The molecule has 0 aromatic carbocycles. The summed E-state index contributed by atoms with van der Waals surface area (Å²) in [6, 6.07) is 0. The van der Waals surface area contributed by atoms with Crippen molar-refractivity contribution in [1.29, 1.82) is 0 Å². The maximum Gasteiger partial charge on any atom is 0.307 e. The Kier molecular flexibility index (Phi) is 21.9. The maximum absolute atomic E-state index is 13.2. The van der Waals surface area contributed by atoms with Crippen molar-refractivity contribution in [2.24, 2.45) is 10.8 Å². The number of hydrogen-bond donors (Lipinski definition) is 4. The summed E-state index contributed by atoms with van der Waals surface area (Å²) in [4.78, 5) is 73.7. The summed E-state index contributed by atoms with van der Waals surface area (Å²) in [6.45, 7) is 17.4. The first kappa shape index (κ1) is 54.6. The minimum Gasteiger partial charge on any atom is -0.454 e. The highest BCUT2D eigenvalue weighted by Gasteiger charge is 2.41. The molecule has 0 saturated carbocycles. The number of aliphatic hydroxyl groups is 3. The van der Waals surface area contributed by atoms with Gasteiger partial charge in [-0.3, -0.25) is 24.0 Å². The number of ether oxygens (including phenoxy) is 2. The van der Waals surface area contributed by atoms with E-state index in [4.69, 9.17) is 9.47 Å². The van der Waals surface area contributed by atoms with Gasteiger partial charge in [-0.25, -0.2) is 0 Å². The van der Waals surface area contributed by atoms with Gasteiger partial charge in [-0.05, 0) is 74.7 Å². The Bertz CT molecular complexity index is 2080. The number of rotatable bonds is 22. The lowest BCUT2D eigenvalue weighted by Gasteiger charge is -2.36. The van der Waals surface area contributed by atoms with Gasteiger partial charge in [0, 0.05) is 25.7 Å². The molecule has 2 aliphatic rings. The van der Waals surface area contributed by atoms with Crippen LogP contribution in [0.1, 0.15) is 108 Å². The van der Waals surface area contributed by atoms with Crippen molar-refractivity contribution in [2.45, 2.75) is 126 Å². The highest BCUT2D eigenvalue weighted by molar-refractivity contribution is 6.02. The van der Waals surface area contributed by atoms with Gasteiger partial charge in [-0.15, -0.1) is 0 Å². The molecule has 1 amide bonds. The molecule has 12 nitrogen and oxygen atoms in total. The van der Waals surface area contributed by atoms with Gasteiger partial charge in [0.2, 0.25) is 5.91 Å². The number of esters is 2. The number of Topliss-reactive ketones (excluding diaryl/α,β-unsaturated/α-hetero) is 2. The van der Waals surface area contributed by atoms with Gasteiger partial charge in [0.1, 0.15) is 11.8 Å². The van der Waals surface area contributed by atoms with Crippen LogP contribution >= 0.6 is 0 Å². The number of aldehydes is 1. The number of aliphatic hydroxyl groups excluding tert-OH is 3. The summed E-state index contributed by atoms with van der Waals surface area (Å²) < 4.78 is 10.9. The second kappa shape index (κ2) is 25.7. The fourth-order valence-corrected chi connectivity index (χ4v) is 7.21. The number of ketones is 2. The fourth-order valence-electron chi connectivity index (χ4n) is 7.21. The number of hydrogen-bond acceptors (Lipinski definition) is 11. The third-order valence-corrected chi connectivity index (χ3v) is 11.2. The Morgan fingerprint density at radius 1 is 0.625 bits per heavy atom. The van der Waals surface area contributed by atoms with Crippen LogP contribution in [0.4, 0.5) is 0 Å². The van der Waals surface area contributed by atoms with E-state index in [1.807, 2.05) is 140 Å². The summed E-state index contributed by atoms with van der Waals surface area (Å²) in [5, 5.41) is 30.6. The highest BCUT2D eigenvalue weighted by Crippen LogP contribution is 2.42. The molecule has 0 heterocycles. The second-order valence-corrected chi connectivity index (χ2v) is 17.9. The molecule has 0 radical (unpaired) electrons. The number of carbonyl (C=O) groups is 6. The van der Waals surface area contributed by atoms with Crippen molar-refractivity contribution in [2.75, 3.05) is 19.8 Å². The Morgan fingerprint density at radius 2 is 1.00 bits per heavy atom. The maximum atomic E-state index is 13.2. The van der Waals surface area contributed by atoms with Crippen LogP contribution in [-0.2, 0) is 38.2 Å². The van der Waals surface area contributed by atoms with E-state index in [9.17, 15) is 44.1 Å². The van der Waals surface area contributed by atoms with Gasteiger partial charge >= 0.3 is 11.9 Å². The van der Waals surface area contributed by atoms with E-state index in [-0.39, 0.29) is 49.1 Å². The van der Waals surface area contributed by atoms with Crippen LogP contribution in [0.2, 0.25) is 0 Å². The highest BCUT2D eigenvalue weighted by atomic mass is 16.6. The average Bonchev–Trinajstić information content (AvgIpc) is 3.23. The molecule has 0 aromatic heterocycles. The topological polar surface area (TPSA) is 194 Å². The van der Waals surface area contributed by atoms with Crippen molar-refractivity contribution in [3.8, 4) is 0 Å². The minimum absolute atomic E-state index is 0.0349. The van der Waals surface area contributed by atoms with Gasteiger partial charge in [-0.2, -0.15) is 0 Å². The Balaban J connectivity index is 1.96. The molecule has 0 saturated heterocycles. The summed E-state index contributed by atoms with van der Waals surface area (Å²) in [7, 11) is 0. The summed E-state index contributed by atoms with van der Waals surface area (Å²) in [5.74, 6) is -2.43. The number of amides is 1. The van der Waals surface area contributed by atoms with Crippen molar-refractivity contribution in [1.82, 2.24) is 5.32 Å². The third-order valence-electron chi connectivity index (χ3n) is 11.2. The molecule has 348 valence electrons. The fraction of sp³-hybridized carbons (Fsp3) is 0.462. The van der Waals surface area contributed by atoms with Crippen LogP contribution in [0.15, 0.2) is 130 Å². The van der Waals surface area contributed by atoms with Crippen molar-refractivity contribution in [3.05, 3.63) is 130 Å². The van der Waals surface area contributed by atoms with Gasteiger partial charge < -0.3 is 34.9 Å². The van der Waals surface area contributed by atoms with Crippen LogP contribution in [0.25, 0.3) is 0 Å².